The maximum Gasteiger partial charge on any atom is 0.309 e. The zero-order valence-electron chi connectivity index (χ0n) is 10.8. The minimum absolute atomic E-state index is 0.342. The predicted octanol–water partition coefficient (Wildman–Crippen LogP) is 2.63. The molecule has 0 rings (SSSR count). The van der Waals surface area contributed by atoms with E-state index >= 15 is 0 Å². The number of aliphatic carboxylic acids is 1. The van der Waals surface area contributed by atoms with E-state index in [2.05, 4.69) is 18.4 Å². The van der Waals surface area contributed by atoms with Crippen molar-refractivity contribution >= 4 is 12.0 Å². The lowest BCUT2D eigenvalue weighted by Crippen LogP contribution is -2.18. The van der Waals surface area contributed by atoms with E-state index in [0.29, 0.717) is 6.42 Å². The summed E-state index contributed by atoms with van der Waals surface area (Å²) >= 11 is 0. The Kier molecular flexibility index (Phi) is 15.7. The molecule has 0 spiro atoms. The van der Waals surface area contributed by atoms with Gasteiger partial charge in [-0.15, -0.1) is 0 Å². The van der Waals surface area contributed by atoms with Crippen molar-refractivity contribution in [1.29, 1.82) is 0 Å². The van der Waals surface area contributed by atoms with Crippen LogP contribution in [0.25, 0.3) is 0 Å². The van der Waals surface area contributed by atoms with Crippen LogP contribution in [0.2, 0.25) is 0 Å². The standard InChI is InChI=1S/C11H22O2.CH4N2O/c1-2-3-4-5-6-7-8-9-10-11(12)13;2-1(3)4/h2-10H2,1H3,(H,12,13);(H4,2,3,4). The van der Waals surface area contributed by atoms with Gasteiger partial charge in [-0.2, -0.15) is 0 Å². The van der Waals surface area contributed by atoms with Crippen molar-refractivity contribution in [1.82, 2.24) is 0 Å². The second kappa shape index (κ2) is 14.7. The van der Waals surface area contributed by atoms with E-state index in [-0.39, 0.29) is 0 Å². The van der Waals surface area contributed by atoms with Gasteiger partial charge in [-0.25, -0.2) is 4.79 Å². The largest absolute Gasteiger partial charge is 0.481 e. The molecule has 102 valence electrons. The molecule has 0 aliphatic carbocycles. The Labute approximate surface area is 104 Å². The minimum Gasteiger partial charge on any atom is -0.481 e. The van der Waals surface area contributed by atoms with Crippen LogP contribution in [0.3, 0.4) is 0 Å². The van der Waals surface area contributed by atoms with Crippen molar-refractivity contribution in [3.63, 3.8) is 0 Å². The van der Waals surface area contributed by atoms with Crippen molar-refractivity contribution in [3.05, 3.63) is 0 Å². The molecule has 0 saturated carbocycles. The second-order valence-corrected chi connectivity index (χ2v) is 4.02. The molecule has 2 amide bonds. The number of amides is 2. The summed E-state index contributed by atoms with van der Waals surface area (Å²) in [6.07, 6.45) is 10.1. The summed E-state index contributed by atoms with van der Waals surface area (Å²) in [5.74, 6) is -0.661. The maximum absolute atomic E-state index is 10.2. The third-order valence-electron chi connectivity index (χ3n) is 2.24. The summed E-state index contributed by atoms with van der Waals surface area (Å²) < 4.78 is 0. The summed E-state index contributed by atoms with van der Waals surface area (Å²) in [4.78, 5) is 19.2. The number of unbranched alkanes of at least 4 members (excludes halogenated alkanes) is 7. The highest BCUT2D eigenvalue weighted by Gasteiger charge is 1.95. The van der Waals surface area contributed by atoms with Crippen molar-refractivity contribution in [3.8, 4) is 0 Å². The van der Waals surface area contributed by atoms with Gasteiger partial charge >= 0.3 is 12.0 Å². The van der Waals surface area contributed by atoms with Crippen LogP contribution >= 0.6 is 0 Å². The van der Waals surface area contributed by atoms with Crippen LogP contribution in [-0.2, 0) is 4.79 Å². The van der Waals surface area contributed by atoms with Gasteiger partial charge in [0.1, 0.15) is 0 Å². The first-order valence-electron chi connectivity index (χ1n) is 6.27. The zero-order valence-corrected chi connectivity index (χ0v) is 10.8. The van der Waals surface area contributed by atoms with Crippen LogP contribution in [0.15, 0.2) is 0 Å². The van der Waals surface area contributed by atoms with Gasteiger partial charge in [-0.05, 0) is 6.42 Å². The van der Waals surface area contributed by atoms with Crippen molar-refractivity contribution < 1.29 is 14.7 Å². The molecule has 17 heavy (non-hydrogen) atoms. The third kappa shape index (κ3) is 31.3. The first-order valence-corrected chi connectivity index (χ1v) is 6.27. The lowest BCUT2D eigenvalue weighted by Gasteiger charge is -1.99. The Hall–Kier alpha value is -1.26. The number of urea groups is 1. The van der Waals surface area contributed by atoms with E-state index < -0.39 is 12.0 Å². The molecule has 0 radical (unpaired) electrons. The molecule has 5 N–H and O–H groups in total. The third-order valence-corrected chi connectivity index (χ3v) is 2.24. The van der Waals surface area contributed by atoms with Gasteiger partial charge in [0.2, 0.25) is 0 Å². The van der Waals surface area contributed by atoms with E-state index in [1.807, 2.05) is 0 Å². The highest BCUT2D eigenvalue weighted by Crippen LogP contribution is 2.09. The summed E-state index contributed by atoms with van der Waals surface area (Å²) in [5.41, 5.74) is 8.50. The number of carboxylic acid groups (broad SMARTS) is 1. The molecule has 0 unspecified atom stereocenters. The summed E-state index contributed by atoms with van der Waals surface area (Å²) in [5, 5.41) is 8.39. The minimum atomic E-state index is -0.833. The van der Waals surface area contributed by atoms with Crippen molar-refractivity contribution in [2.75, 3.05) is 0 Å². The zero-order chi connectivity index (χ0) is 13.5. The van der Waals surface area contributed by atoms with Gasteiger partial charge in [0.15, 0.2) is 0 Å². The summed E-state index contributed by atoms with van der Waals surface area (Å²) in [7, 11) is 0. The Bertz CT molecular complexity index is 192. The highest BCUT2D eigenvalue weighted by molar-refractivity contribution is 5.69. The highest BCUT2D eigenvalue weighted by atomic mass is 16.4. The topological polar surface area (TPSA) is 106 Å². The van der Waals surface area contributed by atoms with E-state index in [0.717, 1.165) is 12.8 Å². The fraction of sp³-hybridized carbons (Fsp3) is 0.833. The number of rotatable bonds is 9. The monoisotopic (exact) mass is 246 g/mol. The molecule has 0 aliphatic heterocycles. The molecular weight excluding hydrogens is 220 g/mol. The Morgan fingerprint density at radius 3 is 1.59 bits per heavy atom. The number of carbonyl (C=O) groups is 2. The molecule has 0 saturated heterocycles. The number of hydrogen-bond acceptors (Lipinski definition) is 2. The molecule has 0 aromatic carbocycles. The molecule has 5 nitrogen and oxygen atoms in total. The Morgan fingerprint density at radius 1 is 0.882 bits per heavy atom. The maximum atomic E-state index is 10.2. The Balaban J connectivity index is 0. The Morgan fingerprint density at radius 2 is 1.24 bits per heavy atom. The van der Waals surface area contributed by atoms with E-state index in [1.54, 1.807) is 0 Å². The van der Waals surface area contributed by atoms with Gasteiger partial charge in [0.25, 0.3) is 0 Å². The fourth-order valence-electron chi connectivity index (χ4n) is 1.41. The number of carboxylic acids is 1. The molecule has 0 heterocycles. The lowest BCUT2D eigenvalue weighted by atomic mass is 10.1. The molecule has 0 bridgehead atoms. The quantitative estimate of drug-likeness (QED) is 0.544. The van der Waals surface area contributed by atoms with Crippen LogP contribution < -0.4 is 11.5 Å². The number of carbonyl (C=O) groups excluding carboxylic acids is 1. The van der Waals surface area contributed by atoms with Crippen LogP contribution in [0.5, 0.6) is 0 Å². The molecule has 0 aliphatic rings. The SMILES string of the molecule is CCCCCCCCCCC(=O)O.NC(N)=O. The number of nitrogens with two attached hydrogens (primary N) is 2. The van der Waals surface area contributed by atoms with Crippen molar-refractivity contribution in [2.45, 2.75) is 64.7 Å². The molecule has 0 fully saturated rings. The predicted molar refractivity (Wildman–Crippen MR) is 68.6 cm³/mol. The first-order chi connectivity index (χ1) is 8.00. The van der Waals surface area contributed by atoms with Crippen LogP contribution in [0, 0.1) is 0 Å². The fourth-order valence-corrected chi connectivity index (χ4v) is 1.41. The van der Waals surface area contributed by atoms with E-state index in [1.165, 1.54) is 38.5 Å². The molecule has 0 atom stereocenters. The number of primary amides is 2. The van der Waals surface area contributed by atoms with Gasteiger partial charge in [0, 0.05) is 6.42 Å². The number of hydrogen-bond donors (Lipinski definition) is 3. The van der Waals surface area contributed by atoms with Gasteiger partial charge in [-0.3, -0.25) is 4.79 Å². The van der Waals surface area contributed by atoms with E-state index in [9.17, 15) is 4.79 Å². The summed E-state index contributed by atoms with van der Waals surface area (Å²) in [6.45, 7) is 2.22. The molecule has 0 aromatic rings. The molecule has 0 aromatic heterocycles. The molecule has 5 heteroatoms. The average molecular weight is 246 g/mol. The normalized spacial score (nSPS) is 9.24. The molecular formula is C12H26N2O3. The van der Waals surface area contributed by atoms with Crippen molar-refractivity contribution in [2.24, 2.45) is 11.5 Å². The first kappa shape index (κ1) is 18.1. The van der Waals surface area contributed by atoms with Gasteiger partial charge in [0.05, 0.1) is 0 Å². The van der Waals surface area contributed by atoms with Gasteiger partial charge < -0.3 is 16.6 Å². The van der Waals surface area contributed by atoms with Crippen LogP contribution in [0.1, 0.15) is 64.7 Å². The lowest BCUT2D eigenvalue weighted by molar-refractivity contribution is -0.137. The average Bonchev–Trinajstić information content (AvgIpc) is 2.21. The smallest absolute Gasteiger partial charge is 0.309 e. The second-order valence-electron chi connectivity index (χ2n) is 4.02. The van der Waals surface area contributed by atoms with Gasteiger partial charge in [-0.1, -0.05) is 51.9 Å². The van der Waals surface area contributed by atoms with Crippen LogP contribution in [0.4, 0.5) is 4.79 Å². The van der Waals surface area contributed by atoms with Crippen LogP contribution in [-0.4, -0.2) is 17.1 Å². The summed E-state index contributed by atoms with van der Waals surface area (Å²) in [6, 6.07) is -0.833. The van der Waals surface area contributed by atoms with E-state index in [4.69, 9.17) is 9.90 Å².